The average Bonchev–Trinajstić information content (AvgIpc) is 2.72. The number of carbonyl (C=O) groups excluding carboxylic acids is 1. The fraction of sp³-hybridized carbons (Fsp3) is 0. The number of hydrogen-bond donors (Lipinski definition) is 0. The van der Waals surface area contributed by atoms with Crippen molar-refractivity contribution in [1.82, 2.24) is 0 Å². The van der Waals surface area contributed by atoms with Crippen LogP contribution in [0.4, 0.5) is 4.39 Å². The zero-order chi connectivity index (χ0) is 20.4. The molecular formula is C22H12ClFO5. The number of benzene rings is 3. The third-order valence-electron chi connectivity index (χ3n) is 4.08. The van der Waals surface area contributed by atoms with Gasteiger partial charge in [-0.15, -0.1) is 0 Å². The summed E-state index contributed by atoms with van der Waals surface area (Å²) in [5.74, 6) is -1.17. The van der Waals surface area contributed by atoms with Crippen molar-refractivity contribution in [3.05, 3.63) is 99.6 Å². The van der Waals surface area contributed by atoms with Crippen molar-refractivity contribution in [3.63, 3.8) is 0 Å². The summed E-state index contributed by atoms with van der Waals surface area (Å²) in [6.45, 7) is 0. The van der Waals surface area contributed by atoms with Crippen LogP contribution in [-0.2, 0) is 0 Å². The Morgan fingerprint density at radius 2 is 1.72 bits per heavy atom. The molecule has 0 atom stereocenters. The Kier molecular flexibility index (Phi) is 5.01. The van der Waals surface area contributed by atoms with Gasteiger partial charge in [0.15, 0.2) is 0 Å². The second-order valence-corrected chi connectivity index (χ2v) is 6.40. The van der Waals surface area contributed by atoms with E-state index in [2.05, 4.69) is 0 Å². The van der Waals surface area contributed by atoms with E-state index >= 15 is 0 Å². The highest BCUT2D eigenvalue weighted by atomic mass is 35.5. The maximum absolute atomic E-state index is 13.7. The minimum absolute atomic E-state index is 0.0401. The number of fused-ring (bicyclic) bond motifs is 1. The minimum Gasteiger partial charge on any atom is -0.460 e. The lowest BCUT2D eigenvalue weighted by Gasteiger charge is -2.08. The van der Waals surface area contributed by atoms with Crippen LogP contribution in [0.2, 0.25) is 5.02 Å². The monoisotopic (exact) mass is 410 g/mol. The van der Waals surface area contributed by atoms with E-state index in [9.17, 15) is 14.0 Å². The van der Waals surface area contributed by atoms with Crippen molar-refractivity contribution in [2.45, 2.75) is 0 Å². The van der Waals surface area contributed by atoms with E-state index < -0.39 is 17.2 Å². The molecule has 1 heterocycles. The first-order valence-electron chi connectivity index (χ1n) is 8.47. The van der Waals surface area contributed by atoms with Gasteiger partial charge in [0.05, 0.1) is 16.0 Å². The van der Waals surface area contributed by atoms with Crippen LogP contribution in [0.3, 0.4) is 0 Å². The standard InChI is InChI=1S/C22H12ClFO5/c23-16-6-2-4-8-18(16)29-20-12-27-19-11-13(9-10-15(19)21(20)25)28-22(26)14-5-1-3-7-17(14)24/h1-12H. The van der Waals surface area contributed by atoms with Gasteiger partial charge in [0, 0.05) is 6.07 Å². The van der Waals surface area contributed by atoms with E-state index in [0.717, 1.165) is 12.3 Å². The van der Waals surface area contributed by atoms with E-state index in [1.807, 2.05) is 0 Å². The first-order chi connectivity index (χ1) is 14.0. The number of rotatable bonds is 4. The average molecular weight is 411 g/mol. The quantitative estimate of drug-likeness (QED) is 0.324. The second-order valence-electron chi connectivity index (χ2n) is 5.99. The van der Waals surface area contributed by atoms with Crippen LogP contribution in [0.25, 0.3) is 11.0 Å². The molecule has 0 N–H and O–H groups in total. The van der Waals surface area contributed by atoms with Gasteiger partial charge in [-0.3, -0.25) is 4.79 Å². The molecule has 0 saturated carbocycles. The van der Waals surface area contributed by atoms with Crippen molar-refractivity contribution in [3.8, 4) is 17.2 Å². The summed E-state index contributed by atoms with van der Waals surface area (Å²) >= 11 is 6.04. The van der Waals surface area contributed by atoms with Gasteiger partial charge >= 0.3 is 5.97 Å². The lowest BCUT2D eigenvalue weighted by molar-refractivity contribution is 0.0730. The molecule has 0 amide bonds. The summed E-state index contributed by atoms with van der Waals surface area (Å²) in [7, 11) is 0. The molecule has 1 aromatic heterocycles. The number of hydrogen-bond acceptors (Lipinski definition) is 5. The van der Waals surface area contributed by atoms with Crippen molar-refractivity contribution < 1.29 is 23.1 Å². The zero-order valence-corrected chi connectivity index (χ0v) is 15.5. The summed E-state index contributed by atoms with van der Waals surface area (Å²) < 4.78 is 29.9. The molecule has 5 nitrogen and oxygen atoms in total. The molecule has 144 valence electrons. The highest BCUT2D eigenvalue weighted by molar-refractivity contribution is 6.32. The van der Waals surface area contributed by atoms with Crippen LogP contribution in [-0.4, -0.2) is 5.97 Å². The highest BCUT2D eigenvalue weighted by Crippen LogP contribution is 2.29. The number of halogens is 2. The van der Waals surface area contributed by atoms with Gasteiger partial charge in [0.25, 0.3) is 0 Å². The molecule has 4 rings (SSSR count). The van der Waals surface area contributed by atoms with Gasteiger partial charge in [-0.2, -0.15) is 0 Å². The minimum atomic E-state index is -0.858. The largest absolute Gasteiger partial charge is 0.460 e. The van der Waals surface area contributed by atoms with Crippen LogP contribution in [0.1, 0.15) is 10.4 Å². The van der Waals surface area contributed by atoms with E-state index in [1.165, 1.54) is 36.4 Å². The third kappa shape index (κ3) is 3.83. The Hall–Kier alpha value is -3.64. The zero-order valence-electron chi connectivity index (χ0n) is 14.7. The first-order valence-corrected chi connectivity index (χ1v) is 8.85. The molecule has 4 aromatic rings. The summed E-state index contributed by atoms with van der Waals surface area (Å²) in [5.41, 5.74) is -0.434. The van der Waals surface area contributed by atoms with Crippen LogP contribution < -0.4 is 14.9 Å². The van der Waals surface area contributed by atoms with Gasteiger partial charge in [-0.1, -0.05) is 35.9 Å². The lowest BCUT2D eigenvalue weighted by Crippen LogP contribution is -2.11. The van der Waals surface area contributed by atoms with Crippen LogP contribution >= 0.6 is 11.6 Å². The Balaban J connectivity index is 1.62. The maximum Gasteiger partial charge on any atom is 0.346 e. The third-order valence-corrected chi connectivity index (χ3v) is 4.39. The molecule has 0 aliphatic rings. The Labute approximate surface area is 168 Å². The smallest absolute Gasteiger partial charge is 0.346 e. The normalized spacial score (nSPS) is 10.7. The molecule has 0 saturated heterocycles. The van der Waals surface area contributed by atoms with Crippen LogP contribution in [0, 0.1) is 5.82 Å². The first kappa shape index (κ1) is 18.7. The number of para-hydroxylation sites is 1. The molecule has 0 fully saturated rings. The summed E-state index contributed by atoms with van der Waals surface area (Å²) in [4.78, 5) is 24.8. The molecule has 3 aromatic carbocycles. The summed E-state index contributed by atoms with van der Waals surface area (Å²) in [6, 6.07) is 16.4. The predicted octanol–water partition coefficient (Wildman–Crippen LogP) is 5.60. The van der Waals surface area contributed by atoms with E-state index in [4.69, 9.17) is 25.5 Å². The summed E-state index contributed by atoms with van der Waals surface area (Å²) in [6.07, 6.45) is 1.15. The van der Waals surface area contributed by atoms with Crippen molar-refractivity contribution in [1.29, 1.82) is 0 Å². The second kappa shape index (κ2) is 7.77. The lowest BCUT2D eigenvalue weighted by atomic mass is 10.2. The highest BCUT2D eigenvalue weighted by Gasteiger charge is 2.15. The SMILES string of the molecule is O=C(Oc1ccc2c(=O)c(Oc3ccccc3Cl)coc2c1)c1ccccc1F. The van der Waals surface area contributed by atoms with Crippen molar-refractivity contribution in [2.75, 3.05) is 0 Å². The Morgan fingerprint density at radius 1 is 0.966 bits per heavy atom. The van der Waals surface area contributed by atoms with Crippen LogP contribution in [0.15, 0.2) is 82.2 Å². The van der Waals surface area contributed by atoms with Gasteiger partial charge in [0.1, 0.15) is 29.2 Å². The molecule has 0 spiro atoms. The van der Waals surface area contributed by atoms with Gasteiger partial charge in [0.2, 0.25) is 11.2 Å². The van der Waals surface area contributed by atoms with Crippen molar-refractivity contribution >= 4 is 28.5 Å². The van der Waals surface area contributed by atoms with Crippen molar-refractivity contribution in [2.24, 2.45) is 0 Å². The van der Waals surface area contributed by atoms with E-state index in [0.29, 0.717) is 10.8 Å². The number of esters is 1. The Morgan fingerprint density at radius 3 is 2.52 bits per heavy atom. The van der Waals surface area contributed by atoms with Gasteiger partial charge in [-0.05, 0) is 36.4 Å². The Bertz CT molecular complexity index is 1280. The molecule has 0 bridgehead atoms. The molecule has 0 unspecified atom stereocenters. The van der Waals surface area contributed by atoms with Gasteiger partial charge < -0.3 is 13.9 Å². The molecule has 0 aliphatic carbocycles. The van der Waals surface area contributed by atoms with Crippen LogP contribution in [0.5, 0.6) is 17.2 Å². The molecule has 0 radical (unpaired) electrons. The van der Waals surface area contributed by atoms with E-state index in [1.54, 1.807) is 24.3 Å². The molecule has 29 heavy (non-hydrogen) atoms. The summed E-state index contributed by atoms with van der Waals surface area (Å²) in [5, 5.41) is 0.572. The fourth-order valence-corrected chi connectivity index (χ4v) is 2.83. The van der Waals surface area contributed by atoms with E-state index in [-0.39, 0.29) is 28.0 Å². The van der Waals surface area contributed by atoms with Gasteiger partial charge in [-0.25, -0.2) is 9.18 Å². The number of ether oxygens (including phenoxy) is 2. The maximum atomic E-state index is 13.7. The number of carbonyl (C=O) groups is 1. The fourth-order valence-electron chi connectivity index (χ4n) is 2.66. The predicted molar refractivity (Wildman–Crippen MR) is 105 cm³/mol. The molecule has 7 heteroatoms. The topological polar surface area (TPSA) is 65.7 Å². The molecule has 0 aliphatic heterocycles. The molecular weight excluding hydrogens is 399 g/mol.